The number of nitrogens with one attached hydrogen (secondary N) is 1. The van der Waals surface area contributed by atoms with E-state index in [1.807, 2.05) is 0 Å². The molecule has 6 heteroatoms. The van der Waals surface area contributed by atoms with Crippen LogP contribution in [0.25, 0.3) is 0 Å². The Morgan fingerprint density at radius 1 is 1.38 bits per heavy atom. The fourth-order valence-corrected chi connectivity index (χ4v) is 2.47. The van der Waals surface area contributed by atoms with Gasteiger partial charge in [-0.25, -0.2) is 4.39 Å². The zero-order valence-electron chi connectivity index (χ0n) is 10.8. The van der Waals surface area contributed by atoms with Crippen LogP contribution in [0.3, 0.4) is 0 Å². The van der Waals surface area contributed by atoms with Crippen molar-refractivity contribution in [2.75, 3.05) is 11.9 Å². The first-order chi connectivity index (χ1) is 10.1. The summed E-state index contributed by atoms with van der Waals surface area (Å²) in [6, 6.07) is 7.48. The fourth-order valence-electron chi connectivity index (χ4n) is 1.53. The van der Waals surface area contributed by atoms with Gasteiger partial charge in [0.2, 0.25) is 0 Å². The number of carbonyl (C=O) groups excluding carboxylic acids is 1. The molecule has 0 saturated carbocycles. The lowest BCUT2D eigenvalue weighted by molar-refractivity contribution is 0.103. The SMILES string of the molecule is O=C(Nc1ccc(C#CCCO)cc1F)c1ccc(Cl)s1. The van der Waals surface area contributed by atoms with Gasteiger partial charge in [0.25, 0.3) is 5.91 Å². The zero-order chi connectivity index (χ0) is 15.2. The topological polar surface area (TPSA) is 49.3 Å². The first-order valence-corrected chi connectivity index (χ1v) is 7.25. The van der Waals surface area contributed by atoms with Crippen LogP contribution in [-0.4, -0.2) is 17.6 Å². The molecule has 1 aromatic heterocycles. The van der Waals surface area contributed by atoms with Gasteiger partial charge in [0, 0.05) is 12.0 Å². The van der Waals surface area contributed by atoms with E-state index in [1.54, 1.807) is 18.2 Å². The highest BCUT2D eigenvalue weighted by molar-refractivity contribution is 7.18. The van der Waals surface area contributed by atoms with E-state index in [1.165, 1.54) is 12.1 Å². The van der Waals surface area contributed by atoms with E-state index < -0.39 is 11.7 Å². The molecule has 2 N–H and O–H groups in total. The number of hydrogen-bond acceptors (Lipinski definition) is 3. The van der Waals surface area contributed by atoms with Crippen molar-refractivity contribution in [3.8, 4) is 11.8 Å². The third-order valence-electron chi connectivity index (χ3n) is 2.48. The Bertz CT molecular complexity index is 718. The van der Waals surface area contributed by atoms with Gasteiger partial charge < -0.3 is 10.4 Å². The predicted molar refractivity (Wildman–Crippen MR) is 82.3 cm³/mol. The molecule has 1 aromatic carbocycles. The molecule has 0 radical (unpaired) electrons. The van der Waals surface area contributed by atoms with Crippen LogP contribution in [0, 0.1) is 17.7 Å². The zero-order valence-corrected chi connectivity index (χ0v) is 12.4. The van der Waals surface area contributed by atoms with Gasteiger partial charge in [0.05, 0.1) is 21.5 Å². The maximum atomic E-state index is 13.9. The lowest BCUT2D eigenvalue weighted by Crippen LogP contribution is -2.11. The van der Waals surface area contributed by atoms with E-state index in [2.05, 4.69) is 17.2 Å². The standard InChI is InChI=1S/C15H11ClFNO2S/c16-14-7-6-13(21-14)15(20)18-12-5-4-10(9-11(12)17)3-1-2-8-19/h4-7,9,19H,2,8H2,(H,18,20). The van der Waals surface area contributed by atoms with E-state index in [0.29, 0.717) is 21.2 Å². The average molecular weight is 324 g/mol. The summed E-state index contributed by atoms with van der Waals surface area (Å²) in [7, 11) is 0. The van der Waals surface area contributed by atoms with Crippen molar-refractivity contribution in [1.29, 1.82) is 0 Å². The first kappa shape index (κ1) is 15.5. The molecular weight excluding hydrogens is 313 g/mol. The van der Waals surface area contributed by atoms with Crippen molar-refractivity contribution in [3.05, 3.63) is 50.9 Å². The highest BCUT2D eigenvalue weighted by Gasteiger charge is 2.11. The molecule has 0 atom stereocenters. The summed E-state index contributed by atoms with van der Waals surface area (Å²) in [6.07, 6.45) is 0.333. The lowest BCUT2D eigenvalue weighted by atomic mass is 10.2. The number of hydrogen-bond donors (Lipinski definition) is 2. The molecule has 0 bridgehead atoms. The number of amides is 1. The van der Waals surface area contributed by atoms with Gasteiger partial charge in [0.1, 0.15) is 5.82 Å². The monoisotopic (exact) mass is 323 g/mol. The number of carbonyl (C=O) groups is 1. The molecule has 0 spiro atoms. The maximum absolute atomic E-state index is 13.9. The molecule has 2 rings (SSSR count). The van der Waals surface area contributed by atoms with Crippen LogP contribution >= 0.6 is 22.9 Å². The summed E-state index contributed by atoms with van der Waals surface area (Å²) in [5, 5.41) is 11.1. The van der Waals surface area contributed by atoms with Gasteiger partial charge in [-0.3, -0.25) is 4.79 Å². The highest BCUT2D eigenvalue weighted by atomic mass is 35.5. The Kier molecular flexibility index (Phi) is 5.34. The predicted octanol–water partition coefficient (Wildman–Crippen LogP) is 3.53. The molecule has 2 aromatic rings. The van der Waals surface area contributed by atoms with Crippen molar-refractivity contribution in [3.63, 3.8) is 0 Å². The summed E-state index contributed by atoms with van der Waals surface area (Å²) in [6.45, 7) is -0.0347. The van der Waals surface area contributed by atoms with Gasteiger partial charge >= 0.3 is 0 Å². The molecule has 21 heavy (non-hydrogen) atoms. The molecule has 0 aliphatic heterocycles. The third kappa shape index (κ3) is 4.30. The summed E-state index contributed by atoms with van der Waals surface area (Å²) in [5.41, 5.74) is 0.565. The van der Waals surface area contributed by atoms with Crippen LogP contribution in [-0.2, 0) is 0 Å². The maximum Gasteiger partial charge on any atom is 0.265 e. The van der Waals surface area contributed by atoms with Crippen molar-refractivity contribution >= 4 is 34.5 Å². The molecule has 0 saturated heterocycles. The second-order valence-corrected chi connectivity index (χ2v) is 5.74. The van der Waals surface area contributed by atoms with Crippen LogP contribution in [0.2, 0.25) is 4.34 Å². The third-order valence-corrected chi connectivity index (χ3v) is 3.71. The lowest BCUT2D eigenvalue weighted by Gasteiger charge is -2.05. The van der Waals surface area contributed by atoms with Gasteiger partial charge in [-0.15, -0.1) is 11.3 Å². The minimum absolute atomic E-state index is 0.0347. The number of thiophene rings is 1. The highest BCUT2D eigenvalue weighted by Crippen LogP contribution is 2.23. The van der Waals surface area contributed by atoms with Gasteiger partial charge in [-0.2, -0.15) is 0 Å². The number of rotatable bonds is 3. The van der Waals surface area contributed by atoms with Crippen molar-refractivity contribution in [1.82, 2.24) is 0 Å². The minimum Gasteiger partial charge on any atom is -0.395 e. The molecule has 0 fully saturated rings. The quantitative estimate of drug-likeness (QED) is 0.849. The second kappa shape index (κ2) is 7.23. The number of aliphatic hydroxyl groups excluding tert-OH is 1. The van der Waals surface area contributed by atoms with Crippen LogP contribution in [0.4, 0.5) is 10.1 Å². The Morgan fingerprint density at radius 3 is 2.81 bits per heavy atom. The van der Waals surface area contributed by atoms with E-state index >= 15 is 0 Å². The molecule has 0 aliphatic carbocycles. The molecule has 1 amide bonds. The number of halogens is 2. The summed E-state index contributed by atoms with van der Waals surface area (Å²) < 4.78 is 14.4. The van der Waals surface area contributed by atoms with E-state index in [-0.39, 0.29) is 12.3 Å². The van der Waals surface area contributed by atoms with Gasteiger partial charge in [0.15, 0.2) is 0 Å². The number of aliphatic hydroxyl groups is 1. The number of anilines is 1. The van der Waals surface area contributed by atoms with Crippen molar-refractivity contribution in [2.45, 2.75) is 6.42 Å². The van der Waals surface area contributed by atoms with Crippen LogP contribution in [0.15, 0.2) is 30.3 Å². The normalized spacial score (nSPS) is 9.86. The van der Waals surface area contributed by atoms with Crippen LogP contribution < -0.4 is 5.32 Å². The van der Waals surface area contributed by atoms with Gasteiger partial charge in [-0.05, 0) is 30.3 Å². The molecule has 0 unspecified atom stereocenters. The van der Waals surface area contributed by atoms with E-state index in [9.17, 15) is 9.18 Å². The van der Waals surface area contributed by atoms with Gasteiger partial charge in [-0.1, -0.05) is 23.4 Å². The van der Waals surface area contributed by atoms with E-state index in [0.717, 1.165) is 11.3 Å². The minimum atomic E-state index is -0.568. The molecule has 0 aliphatic rings. The summed E-state index contributed by atoms with van der Waals surface area (Å²) in [5.74, 6) is 4.44. The average Bonchev–Trinajstić information content (AvgIpc) is 2.89. The molecular formula is C15H11ClFNO2S. The second-order valence-electron chi connectivity index (χ2n) is 4.03. The Morgan fingerprint density at radius 2 is 2.19 bits per heavy atom. The number of benzene rings is 1. The first-order valence-electron chi connectivity index (χ1n) is 6.06. The molecule has 1 heterocycles. The molecule has 108 valence electrons. The Balaban J connectivity index is 2.11. The Hall–Kier alpha value is -1.87. The van der Waals surface area contributed by atoms with Crippen molar-refractivity contribution < 1.29 is 14.3 Å². The van der Waals surface area contributed by atoms with Crippen LogP contribution in [0.5, 0.6) is 0 Å². The smallest absolute Gasteiger partial charge is 0.265 e. The largest absolute Gasteiger partial charge is 0.395 e. The fraction of sp³-hybridized carbons (Fsp3) is 0.133. The molecule has 3 nitrogen and oxygen atoms in total. The Labute approximate surface area is 130 Å². The van der Waals surface area contributed by atoms with Crippen molar-refractivity contribution in [2.24, 2.45) is 0 Å². The summed E-state index contributed by atoms with van der Waals surface area (Å²) in [4.78, 5) is 12.3. The summed E-state index contributed by atoms with van der Waals surface area (Å²) >= 11 is 6.87. The van der Waals surface area contributed by atoms with E-state index in [4.69, 9.17) is 16.7 Å². The van der Waals surface area contributed by atoms with Crippen LogP contribution in [0.1, 0.15) is 21.7 Å².